The third-order valence-corrected chi connectivity index (χ3v) is 20.5. The van der Waals surface area contributed by atoms with Gasteiger partial charge in [-0.2, -0.15) is 9.13 Å². The van der Waals surface area contributed by atoms with Crippen LogP contribution >= 0.6 is 0 Å². The van der Waals surface area contributed by atoms with Crippen molar-refractivity contribution in [2.75, 3.05) is 23.9 Å². The highest BCUT2D eigenvalue weighted by molar-refractivity contribution is 7.86. The van der Waals surface area contributed by atoms with Crippen molar-refractivity contribution in [1.29, 1.82) is 0 Å². The van der Waals surface area contributed by atoms with E-state index in [0.717, 1.165) is 94.7 Å². The molecule has 4 heterocycles. The van der Waals surface area contributed by atoms with Crippen molar-refractivity contribution in [3.63, 3.8) is 0 Å². The lowest BCUT2D eigenvalue weighted by atomic mass is 9.69. The normalized spacial score (nSPS) is 17.4. The highest BCUT2D eigenvalue weighted by atomic mass is 32.2. The van der Waals surface area contributed by atoms with Crippen molar-refractivity contribution in [3.8, 4) is 0 Å². The van der Waals surface area contributed by atoms with E-state index in [9.17, 15) is 25.9 Å². The summed E-state index contributed by atoms with van der Waals surface area (Å²) in [4.78, 5) is 3.99. The van der Waals surface area contributed by atoms with Crippen LogP contribution in [0.1, 0.15) is 45.2 Å². The number of allylic oxidation sites excluding steroid dienone is 6. The van der Waals surface area contributed by atoms with Crippen LogP contribution in [0.3, 0.4) is 0 Å². The first-order chi connectivity index (χ1) is 45.5. The van der Waals surface area contributed by atoms with E-state index in [0.29, 0.717) is 10.8 Å². The Hall–Kier alpha value is -10.5. The predicted octanol–water partition coefficient (Wildman–Crippen LogP) is 15.3. The first kappa shape index (κ1) is 61.0. The Kier molecular flexibility index (Phi) is 15.9. The molecule has 0 fully saturated rings. The number of fused-ring (bicyclic) bond motifs is 9. The maximum absolute atomic E-state index is 10.8. The molecule has 2 aliphatic heterocycles. The number of anilines is 2. The van der Waals surface area contributed by atoms with E-state index in [1.807, 2.05) is 0 Å². The van der Waals surface area contributed by atoms with E-state index in [1.54, 1.807) is 0 Å². The van der Waals surface area contributed by atoms with Gasteiger partial charge in [0.05, 0.1) is 21.9 Å². The molecule has 0 N–H and O–H groups in total. The summed E-state index contributed by atoms with van der Waals surface area (Å²) in [5.74, 6) is 1.60. The van der Waals surface area contributed by atoms with Gasteiger partial charge in [0.25, 0.3) is 11.0 Å². The van der Waals surface area contributed by atoms with Gasteiger partial charge in [-0.3, -0.25) is 0 Å². The molecule has 2 unspecified atom stereocenters. The van der Waals surface area contributed by atoms with Crippen LogP contribution in [0.5, 0.6) is 0 Å². The minimum absolute atomic E-state index is 0.360. The van der Waals surface area contributed by atoms with Gasteiger partial charge in [0, 0.05) is 70.6 Å². The van der Waals surface area contributed by atoms with Gasteiger partial charge in [0.15, 0.2) is 0 Å². The molecule has 94 heavy (non-hydrogen) atoms. The van der Waals surface area contributed by atoms with Gasteiger partial charge in [0.2, 0.25) is 11.2 Å². The smallest absolute Gasteiger partial charge is 0.373 e. The molecule has 0 saturated carbocycles. The number of likely N-dealkylation sites (N-methyl/N-ethyl adjacent to an activating group) is 2. The summed E-state index contributed by atoms with van der Waals surface area (Å²) in [5, 5.41) is 5.29. The van der Waals surface area contributed by atoms with E-state index in [1.165, 1.54) is 79.1 Å². The Balaban J connectivity index is 0.000000367. The molecule has 2 aromatic heterocycles. The highest BCUT2D eigenvalue weighted by Crippen LogP contribution is 2.53. The van der Waals surface area contributed by atoms with Crippen LogP contribution in [0, 0.1) is 0 Å². The van der Waals surface area contributed by atoms with Crippen molar-refractivity contribution in [1.82, 2.24) is 0 Å². The van der Waals surface area contributed by atoms with E-state index in [4.69, 9.17) is 8.83 Å². The SMILES string of the molecule is CN1C(=CC=Cc2oc3c4ccccc4ccc3[n+]2C)C(Cc2ccccc2)(Cc2ccc(CC3(Cc4ccccc4)C(=CC=Cc4oc5c6ccccc6ccc5[n+]4C)N(C)c4ccccc43)cc2)c2ccccc21.O=S(=O)([O-])c1ccc2cc(S(=O)(=O)[O-])ccc2c1. The van der Waals surface area contributed by atoms with Gasteiger partial charge in [-0.05, 0) is 141 Å². The standard InChI is InChI=1S/C70H60N4O2.C10H8O6S2/c1-71-59-31-17-15-29-57(59)69(45-49-21-7-5-8-22-49,63(71)33-19-35-65-73(3)61-43-41-53-25-11-13-27-55(53)67(61)75-65)47-51-37-39-52(40-38-51)48-70(46-50-23-9-6-10-24-50)58-30-16-18-32-60(58)72(2)64(70)34-20-36-66-74(4)62-44-42-54-26-12-14-28-56(54)68(62)76-66;11-17(12,13)9-3-1-7-5-10(18(14,15)16)4-2-8(7)6-9/h5-44H,45-48H2,1-4H3;1-6H,(H,11,12,13)(H,14,15,16)/q+2;/p-2. The van der Waals surface area contributed by atoms with Crippen LogP contribution in [0.25, 0.3) is 66.7 Å². The average molecular weight is 1280 g/mol. The summed E-state index contributed by atoms with van der Waals surface area (Å²) >= 11 is 0. The summed E-state index contributed by atoms with van der Waals surface area (Å²) < 4.78 is 82.3. The van der Waals surface area contributed by atoms with E-state index < -0.39 is 30.0 Å². The second kappa shape index (κ2) is 24.5. The quantitative estimate of drug-likeness (QED) is 0.0759. The zero-order valence-electron chi connectivity index (χ0n) is 52.3. The first-order valence-corrected chi connectivity index (χ1v) is 33.9. The maximum Gasteiger partial charge on any atom is 0.373 e. The molecule has 466 valence electrons. The highest BCUT2D eigenvalue weighted by Gasteiger charge is 2.48. The van der Waals surface area contributed by atoms with Crippen molar-refractivity contribution >= 4 is 98.3 Å². The number of nitrogens with zero attached hydrogens (tertiary/aromatic N) is 4. The van der Waals surface area contributed by atoms with Crippen LogP contribution in [-0.4, -0.2) is 40.0 Å². The van der Waals surface area contributed by atoms with E-state index in [-0.39, 0.29) is 10.8 Å². The number of benzene rings is 11. The number of hydrogen-bond donors (Lipinski definition) is 0. The molecule has 15 rings (SSSR count). The first-order valence-electron chi connectivity index (χ1n) is 31.1. The second-order valence-corrected chi connectivity index (χ2v) is 27.2. The summed E-state index contributed by atoms with van der Waals surface area (Å²) in [7, 11) is -0.507. The number of aromatic nitrogens is 2. The number of rotatable bonds is 14. The number of para-hydroxylation sites is 2. The summed E-state index contributed by atoms with van der Waals surface area (Å²) in [6.45, 7) is 0. The zero-order chi connectivity index (χ0) is 64.9. The molecule has 12 nitrogen and oxygen atoms in total. The Bertz CT molecular complexity index is 5130. The Morgan fingerprint density at radius 1 is 0.404 bits per heavy atom. The Labute approximate surface area is 546 Å². The molecule has 2 atom stereocenters. The molecule has 0 saturated heterocycles. The number of hydrogen-bond acceptors (Lipinski definition) is 10. The van der Waals surface area contributed by atoms with Gasteiger partial charge in [-0.1, -0.05) is 194 Å². The van der Waals surface area contributed by atoms with E-state index in [2.05, 4.69) is 290 Å². The van der Waals surface area contributed by atoms with Crippen molar-refractivity contribution in [2.24, 2.45) is 14.1 Å². The molecular formula is C80H66N4O8S2. The Morgan fingerprint density at radius 2 is 0.745 bits per heavy atom. The molecule has 11 aromatic carbocycles. The molecular weight excluding hydrogens is 1210 g/mol. The minimum Gasteiger partial charge on any atom is -0.744 e. The molecule has 0 amide bonds. The minimum atomic E-state index is -4.56. The van der Waals surface area contributed by atoms with E-state index >= 15 is 0 Å². The monoisotopic (exact) mass is 1270 g/mol. The lowest BCUT2D eigenvalue weighted by Gasteiger charge is -2.34. The van der Waals surface area contributed by atoms with Crippen LogP contribution < -0.4 is 18.9 Å². The van der Waals surface area contributed by atoms with Gasteiger partial charge in [-0.25, -0.2) is 16.8 Å². The third-order valence-electron chi connectivity index (χ3n) is 18.9. The fourth-order valence-corrected chi connectivity index (χ4v) is 15.3. The molecule has 13 aromatic rings. The van der Waals surface area contributed by atoms with Gasteiger partial charge in [-0.15, -0.1) is 0 Å². The fraction of sp³-hybridized carbons (Fsp3) is 0.125. The predicted molar refractivity (Wildman–Crippen MR) is 371 cm³/mol. The molecule has 14 heteroatoms. The van der Waals surface area contributed by atoms with Crippen molar-refractivity contribution < 1.29 is 43.9 Å². The van der Waals surface area contributed by atoms with Crippen LogP contribution in [-0.2, 0) is 70.8 Å². The summed E-state index contributed by atoms with van der Waals surface area (Å²) in [6, 6.07) is 82.0. The fourth-order valence-electron chi connectivity index (χ4n) is 14.3. The topological polar surface area (TPSA) is 155 Å². The Morgan fingerprint density at radius 3 is 1.14 bits per heavy atom. The summed E-state index contributed by atoms with van der Waals surface area (Å²) in [5.41, 5.74) is 16.1. The van der Waals surface area contributed by atoms with Crippen LogP contribution in [0.4, 0.5) is 11.4 Å². The lowest BCUT2D eigenvalue weighted by Crippen LogP contribution is -2.35. The van der Waals surface area contributed by atoms with Crippen LogP contribution in [0.15, 0.2) is 297 Å². The molecule has 2 aliphatic rings. The van der Waals surface area contributed by atoms with Gasteiger partial charge < -0.3 is 27.7 Å². The number of aryl methyl sites for hydroxylation is 2. The number of oxazole rings is 2. The van der Waals surface area contributed by atoms with Crippen molar-refractivity contribution in [3.05, 3.63) is 324 Å². The van der Waals surface area contributed by atoms with Gasteiger partial charge >= 0.3 is 11.8 Å². The average Bonchev–Trinajstić information content (AvgIpc) is 1.58. The molecule has 0 aliphatic carbocycles. The maximum atomic E-state index is 10.8. The second-order valence-electron chi connectivity index (χ2n) is 24.5. The summed E-state index contributed by atoms with van der Waals surface area (Å²) in [6.07, 6.45) is 16.6. The van der Waals surface area contributed by atoms with Gasteiger partial charge in [0.1, 0.15) is 34.3 Å². The largest absolute Gasteiger partial charge is 0.744 e. The molecule has 0 bridgehead atoms. The third kappa shape index (κ3) is 11.4. The lowest BCUT2D eigenvalue weighted by molar-refractivity contribution is -0.652. The molecule has 0 radical (unpaired) electrons. The van der Waals surface area contributed by atoms with Crippen molar-refractivity contribution in [2.45, 2.75) is 46.3 Å². The zero-order valence-corrected chi connectivity index (χ0v) is 53.9. The van der Waals surface area contributed by atoms with Crippen LogP contribution in [0.2, 0.25) is 0 Å². The molecule has 0 spiro atoms.